The molecule has 3 fully saturated rings. The maximum Gasteiger partial charge on any atom is 0.0932 e. The molecule has 1 saturated carbocycles. The van der Waals surface area contributed by atoms with E-state index in [-0.39, 0.29) is 18.3 Å². The average Bonchev–Trinajstić information content (AvgIpc) is 2.82. The van der Waals surface area contributed by atoms with Crippen molar-refractivity contribution >= 4 is 0 Å². The van der Waals surface area contributed by atoms with Crippen molar-refractivity contribution in [1.29, 1.82) is 0 Å². The Morgan fingerprint density at radius 1 is 1.11 bits per heavy atom. The number of nitrogens with zero attached hydrogens (tertiary/aromatic N) is 1. The van der Waals surface area contributed by atoms with E-state index in [1.165, 1.54) is 44.9 Å². The van der Waals surface area contributed by atoms with Crippen LogP contribution in [0, 0.1) is 0 Å². The van der Waals surface area contributed by atoms with Gasteiger partial charge in [0, 0.05) is 19.6 Å². The zero-order valence-electron chi connectivity index (χ0n) is 11.9. The van der Waals surface area contributed by atoms with E-state index in [4.69, 9.17) is 9.47 Å². The number of ether oxygens (including phenoxy) is 2. The summed E-state index contributed by atoms with van der Waals surface area (Å²) in [4.78, 5) is 2.40. The second kappa shape index (κ2) is 6.08. The van der Waals surface area contributed by atoms with Gasteiger partial charge in [-0.25, -0.2) is 0 Å². The maximum absolute atomic E-state index is 9.19. The minimum Gasteiger partial charge on any atom is -0.394 e. The van der Waals surface area contributed by atoms with Gasteiger partial charge in [-0.2, -0.15) is 0 Å². The first-order valence-corrected chi connectivity index (χ1v) is 7.92. The first-order valence-electron chi connectivity index (χ1n) is 7.92. The van der Waals surface area contributed by atoms with E-state index < -0.39 is 0 Å². The van der Waals surface area contributed by atoms with Gasteiger partial charge in [-0.3, -0.25) is 4.90 Å². The third kappa shape index (κ3) is 3.30. The second-order valence-electron chi connectivity index (χ2n) is 6.46. The van der Waals surface area contributed by atoms with E-state index in [9.17, 15) is 5.11 Å². The van der Waals surface area contributed by atoms with Crippen LogP contribution in [0.1, 0.15) is 44.9 Å². The lowest BCUT2D eigenvalue weighted by molar-refractivity contribution is -0.0934. The topological polar surface area (TPSA) is 41.9 Å². The third-order valence-corrected chi connectivity index (χ3v) is 4.99. The molecule has 1 N–H and O–H groups in total. The number of aliphatic hydroxyl groups is 1. The summed E-state index contributed by atoms with van der Waals surface area (Å²) in [6.45, 7) is 3.71. The van der Waals surface area contributed by atoms with Crippen molar-refractivity contribution in [3.05, 3.63) is 0 Å². The molecule has 1 aliphatic carbocycles. The number of aliphatic hydroxyl groups excluding tert-OH is 1. The van der Waals surface area contributed by atoms with Crippen LogP contribution in [0.2, 0.25) is 0 Å². The number of hydrogen-bond donors (Lipinski definition) is 1. The van der Waals surface area contributed by atoms with Crippen LogP contribution in [0.5, 0.6) is 0 Å². The van der Waals surface area contributed by atoms with Crippen molar-refractivity contribution in [3.63, 3.8) is 0 Å². The molecule has 110 valence electrons. The molecule has 2 unspecified atom stereocenters. The smallest absolute Gasteiger partial charge is 0.0932 e. The summed E-state index contributed by atoms with van der Waals surface area (Å²) in [7, 11) is 0. The Labute approximate surface area is 116 Å². The molecule has 19 heavy (non-hydrogen) atoms. The third-order valence-electron chi connectivity index (χ3n) is 4.99. The van der Waals surface area contributed by atoms with Crippen molar-refractivity contribution in [2.75, 3.05) is 32.8 Å². The van der Waals surface area contributed by atoms with Gasteiger partial charge < -0.3 is 14.6 Å². The lowest BCUT2D eigenvalue weighted by Crippen LogP contribution is -2.47. The molecule has 4 nitrogen and oxygen atoms in total. The molecular weight excluding hydrogens is 242 g/mol. The van der Waals surface area contributed by atoms with Gasteiger partial charge in [0.25, 0.3) is 0 Å². The zero-order chi connectivity index (χ0) is 13.1. The van der Waals surface area contributed by atoms with Crippen LogP contribution in [-0.4, -0.2) is 60.7 Å². The molecule has 0 aromatic heterocycles. The van der Waals surface area contributed by atoms with Crippen LogP contribution < -0.4 is 0 Å². The molecule has 0 aromatic carbocycles. The summed E-state index contributed by atoms with van der Waals surface area (Å²) in [5, 5.41) is 9.19. The Morgan fingerprint density at radius 2 is 1.95 bits per heavy atom. The zero-order valence-corrected chi connectivity index (χ0v) is 11.9. The molecule has 2 saturated heterocycles. The number of rotatable bonds is 3. The molecule has 0 aromatic rings. The second-order valence-corrected chi connectivity index (χ2v) is 6.46. The van der Waals surface area contributed by atoms with Crippen LogP contribution in [0.25, 0.3) is 0 Å². The van der Waals surface area contributed by atoms with E-state index in [0.717, 1.165) is 26.2 Å². The summed E-state index contributed by atoms with van der Waals surface area (Å²) < 4.78 is 11.9. The van der Waals surface area contributed by atoms with Crippen LogP contribution in [0.15, 0.2) is 0 Å². The van der Waals surface area contributed by atoms with Crippen molar-refractivity contribution in [2.45, 2.75) is 62.8 Å². The summed E-state index contributed by atoms with van der Waals surface area (Å²) in [5.41, 5.74) is 0.228. The largest absolute Gasteiger partial charge is 0.394 e. The maximum atomic E-state index is 9.19. The van der Waals surface area contributed by atoms with Crippen LogP contribution in [-0.2, 0) is 9.47 Å². The fourth-order valence-electron chi connectivity index (χ4n) is 3.93. The Bertz CT molecular complexity index is 291. The van der Waals surface area contributed by atoms with Crippen molar-refractivity contribution in [3.8, 4) is 0 Å². The van der Waals surface area contributed by atoms with Crippen LogP contribution in [0.3, 0.4) is 0 Å². The summed E-state index contributed by atoms with van der Waals surface area (Å²) in [6.07, 6.45) is 9.48. The van der Waals surface area contributed by atoms with Crippen molar-refractivity contribution < 1.29 is 14.6 Å². The Balaban J connectivity index is 1.48. The minimum atomic E-state index is -0.00112. The highest BCUT2D eigenvalue weighted by Gasteiger charge is 2.41. The van der Waals surface area contributed by atoms with Gasteiger partial charge in [-0.1, -0.05) is 19.3 Å². The molecule has 2 aliphatic heterocycles. The van der Waals surface area contributed by atoms with Crippen LogP contribution >= 0.6 is 0 Å². The van der Waals surface area contributed by atoms with Crippen LogP contribution in [0.4, 0.5) is 0 Å². The molecule has 3 rings (SSSR count). The molecule has 0 amide bonds. The standard InChI is InChI=1S/C15H27NO3/c17-12-14-11-16(8-9-18-14)10-13-4-7-15(19-13)5-2-1-3-6-15/h13-14,17H,1-12H2. The minimum absolute atomic E-state index is 0.00112. The first-order chi connectivity index (χ1) is 9.30. The summed E-state index contributed by atoms with van der Waals surface area (Å²) in [5.74, 6) is 0. The van der Waals surface area contributed by atoms with Gasteiger partial charge in [0.15, 0.2) is 0 Å². The predicted octanol–water partition coefficient (Wildman–Crippen LogP) is 1.56. The Hall–Kier alpha value is -0.160. The fraction of sp³-hybridized carbons (Fsp3) is 1.00. The molecule has 1 spiro atoms. The molecule has 2 heterocycles. The molecule has 4 heteroatoms. The summed E-state index contributed by atoms with van der Waals surface area (Å²) >= 11 is 0. The van der Waals surface area contributed by atoms with Gasteiger partial charge in [0.05, 0.1) is 31.0 Å². The Kier molecular flexibility index (Phi) is 4.42. The highest BCUT2D eigenvalue weighted by molar-refractivity contribution is 4.92. The van der Waals surface area contributed by atoms with Gasteiger partial charge in [0.2, 0.25) is 0 Å². The van der Waals surface area contributed by atoms with E-state index >= 15 is 0 Å². The molecule has 2 atom stereocenters. The quantitative estimate of drug-likeness (QED) is 0.844. The van der Waals surface area contributed by atoms with Gasteiger partial charge in [0.1, 0.15) is 0 Å². The predicted molar refractivity (Wildman–Crippen MR) is 73.2 cm³/mol. The Morgan fingerprint density at radius 3 is 2.74 bits per heavy atom. The van der Waals surface area contributed by atoms with E-state index in [1.54, 1.807) is 0 Å². The molecule has 3 aliphatic rings. The van der Waals surface area contributed by atoms with Gasteiger partial charge in [-0.05, 0) is 25.7 Å². The summed E-state index contributed by atoms with van der Waals surface area (Å²) in [6, 6.07) is 0. The molecule has 0 radical (unpaired) electrons. The highest BCUT2D eigenvalue weighted by Crippen LogP contribution is 2.42. The van der Waals surface area contributed by atoms with Gasteiger partial charge in [-0.15, -0.1) is 0 Å². The highest BCUT2D eigenvalue weighted by atomic mass is 16.5. The average molecular weight is 269 g/mol. The van der Waals surface area contributed by atoms with Crippen molar-refractivity contribution in [1.82, 2.24) is 4.90 Å². The SMILES string of the molecule is OCC1CN(CC2CCC3(CCCCC3)O2)CCO1. The lowest BCUT2D eigenvalue weighted by Gasteiger charge is -2.36. The fourth-order valence-corrected chi connectivity index (χ4v) is 3.93. The number of morpholine rings is 1. The molecular formula is C15H27NO3. The monoisotopic (exact) mass is 269 g/mol. The van der Waals surface area contributed by atoms with E-state index in [1.807, 2.05) is 0 Å². The first kappa shape index (κ1) is 13.8. The molecule has 0 bridgehead atoms. The number of hydrogen-bond acceptors (Lipinski definition) is 4. The van der Waals surface area contributed by atoms with Gasteiger partial charge >= 0.3 is 0 Å². The van der Waals surface area contributed by atoms with Crippen molar-refractivity contribution in [2.24, 2.45) is 0 Å². The normalized spacial score (nSPS) is 35.8. The van der Waals surface area contributed by atoms with E-state index in [0.29, 0.717) is 6.10 Å². The van der Waals surface area contributed by atoms with E-state index in [2.05, 4.69) is 4.90 Å². The lowest BCUT2D eigenvalue weighted by atomic mass is 9.83.